The highest BCUT2D eigenvalue weighted by Crippen LogP contribution is 2.25. The van der Waals surface area contributed by atoms with E-state index in [1.807, 2.05) is 20.8 Å². The van der Waals surface area contributed by atoms with Crippen molar-refractivity contribution in [3.05, 3.63) is 58.1 Å². The molecule has 36 heavy (non-hydrogen) atoms. The highest BCUT2D eigenvalue weighted by molar-refractivity contribution is 7.92. The molecule has 0 aromatic heterocycles. The van der Waals surface area contributed by atoms with Gasteiger partial charge in [0.15, 0.2) is 0 Å². The molecule has 0 radical (unpaired) electrons. The Balaban J connectivity index is 2.45. The number of nitrogens with one attached hydrogen (secondary N) is 1. The van der Waals surface area contributed by atoms with Gasteiger partial charge in [0.25, 0.3) is 0 Å². The molecule has 0 heterocycles. The fraction of sp³-hybridized carbons (Fsp3) is 0.440. The molecule has 2 aromatic rings. The van der Waals surface area contributed by atoms with Crippen LogP contribution in [0.4, 0.5) is 5.69 Å². The quantitative estimate of drug-likeness (QED) is 0.414. The maximum Gasteiger partial charge on any atom is 0.244 e. The van der Waals surface area contributed by atoms with E-state index in [9.17, 15) is 18.0 Å². The molecule has 1 atom stereocenters. The van der Waals surface area contributed by atoms with Crippen molar-refractivity contribution >= 4 is 50.7 Å². The summed E-state index contributed by atoms with van der Waals surface area (Å²) in [4.78, 5) is 28.0. The van der Waals surface area contributed by atoms with Crippen LogP contribution in [-0.2, 0) is 26.2 Å². The zero-order chi connectivity index (χ0) is 27.0. The number of rotatable bonds is 12. The number of ether oxygens (including phenoxy) is 1. The molecular formula is C25H33Cl2N3O5S. The number of hydrogen-bond donors (Lipinski definition) is 1. The van der Waals surface area contributed by atoms with Crippen LogP contribution < -0.4 is 14.4 Å². The number of benzene rings is 2. The lowest BCUT2D eigenvalue weighted by Gasteiger charge is -2.33. The van der Waals surface area contributed by atoms with Gasteiger partial charge in [0, 0.05) is 22.6 Å². The topological polar surface area (TPSA) is 96.0 Å². The zero-order valence-electron chi connectivity index (χ0n) is 21.1. The summed E-state index contributed by atoms with van der Waals surface area (Å²) < 4.78 is 31.8. The van der Waals surface area contributed by atoms with E-state index in [2.05, 4.69) is 5.32 Å². The van der Waals surface area contributed by atoms with Crippen LogP contribution in [0, 0.1) is 0 Å². The third-order valence-corrected chi connectivity index (χ3v) is 7.02. The fourth-order valence-corrected chi connectivity index (χ4v) is 4.94. The van der Waals surface area contributed by atoms with E-state index in [1.54, 1.807) is 49.4 Å². The first-order valence-electron chi connectivity index (χ1n) is 11.6. The Hall–Kier alpha value is -2.49. The lowest BCUT2D eigenvalue weighted by molar-refractivity contribution is -0.140. The summed E-state index contributed by atoms with van der Waals surface area (Å²) >= 11 is 12.4. The molecular weight excluding hydrogens is 525 g/mol. The van der Waals surface area contributed by atoms with Crippen LogP contribution in [-0.4, -0.2) is 56.6 Å². The number of nitrogens with zero attached hydrogens (tertiary/aromatic N) is 2. The fourth-order valence-electron chi connectivity index (χ4n) is 3.62. The van der Waals surface area contributed by atoms with E-state index < -0.39 is 28.5 Å². The molecule has 2 amide bonds. The number of hydrogen-bond acceptors (Lipinski definition) is 5. The van der Waals surface area contributed by atoms with Crippen molar-refractivity contribution in [1.82, 2.24) is 10.2 Å². The van der Waals surface area contributed by atoms with Crippen molar-refractivity contribution in [2.75, 3.05) is 23.7 Å². The molecule has 1 N–H and O–H groups in total. The summed E-state index contributed by atoms with van der Waals surface area (Å²) in [5.41, 5.74) is 0.885. The lowest BCUT2D eigenvalue weighted by Crippen LogP contribution is -2.53. The number of halogens is 2. The van der Waals surface area contributed by atoms with Crippen LogP contribution in [0.1, 0.15) is 39.7 Å². The van der Waals surface area contributed by atoms with Gasteiger partial charge in [-0.05, 0) is 69.2 Å². The highest BCUT2D eigenvalue weighted by atomic mass is 35.5. The Morgan fingerprint density at radius 1 is 1.06 bits per heavy atom. The SMILES string of the molecule is CCOc1ccc(N(CC(=O)N(Cc2ccc(Cl)cc2Cl)[C@@H](CC)C(=O)NC(C)C)S(C)(=O)=O)cc1. The summed E-state index contributed by atoms with van der Waals surface area (Å²) in [7, 11) is -3.83. The molecule has 0 spiro atoms. The Bertz CT molecular complexity index is 1160. The molecule has 0 unspecified atom stereocenters. The molecule has 11 heteroatoms. The van der Waals surface area contributed by atoms with Crippen LogP contribution in [0.25, 0.3) is 0 Å². The van der Waals surface area contributed by atoms with Crippen LogP contribution >= 0.6 is 23.2 Å². The monoisotopic (exact) mass is 557 g/mol. The molecule has 8 nitrogen and oxygen atoms in total. The van der Waals surface area contributed by atoms with Gasteiger partial charge in [-0.25, -0.2) is 8.42 Å². The molecule has 0 saturated carbocycles. The standard InChI is InChI=1S/C25H33Cl2N3O5S/c1-6-23(25(32)28-17(3)4)29(15-18-8-9-19(26)14-22(18)27)24(31)16-30(36(5,33)34)20-10-12-21(13-11-20)35-7-2/h8-14,17,23H,6-7,15-16H2,1-5H3,(H,28,32)/t23-/m0/s1. The third kappa shape index (κ3) is 8.28. The molecule has 2 rings (SSSR count). The van der Waals surface area contributed by atoms with Crippen molar-refractivity contribution in [3.63, 3.8) is 0 Å². The first-order valence-corrected chi connectivity index (χ1v) is 14.2. The van der Waals surface area contributed by atoms with Gasteiger partial charge in [-0.3, -0.25) is 13.9 Å². The van der Waals surface area contributed by atoms with Crippen LogP contribution in [0.2, 0.25) is 10.0 Å². The molecule has 0 saturated heterocycles. The predicted octanol–water partition coefficient (Wildman–Crippen LogP) is 4.49. The first kappa shape index (κ1) is 29.7. The van der Waals surface area contributed by atoms with Crippen molar-refractivity contribution < 1.29 is 22.7 Å². The predicted molar refractivity (Wildman–Crippen MR) is 144 cm³/mol. The number of anilines is 1. The van der Waals surface area contributed by atoms with Gasteiger partial charge in [-0.1, -0.05) is 36.2 Å². The van der Waals surface area contributed by atoms with Crippen LogP contribution in [0.3, 0.4) is 0 Å². The van der Waals surface area contributed by atoms with Gasteiger partial charge in [0.05, 0.1) is 18.6 Å². The number of amides is 2. The Morgan fingerprint density at radius 3 is 2.19 bits per heavy atom. The molecule has 0 fully saturated rings. The minimum absolute atomic E-state index is 0.000261. The number of carbonyl (C=O) groups excluding carboxylic acids is 2. The van der Waals surface area contributed by atoms with Gasteiger partial charge in [-0.2, -0.15) is 0 Å². The smallest absolute Gasteiger partial charge is 0.244 e. The molecule has 2 aromatic carbocycles. The summed E-state index contributed by atoms with van der Waals surface area (Å²) in [5, 5.41) is 3.61. The van der Waals surface area contributed by atoms with Gasteiger partial charge in [0.1, 0.15) is 18.3 Å². The van der Waals surface area contributed by atoms with Gasteiger partial charge in [0.2, 0.25) is 21.8 Å². The van der Waals surface area contributed by atoms with Crippen molar-refractivity contribution in [3.8, 4) is 5.75 Å². The average molecular weight is 559 g/mol. The van der Waals surface area contributed by atoms with E-state index in [4.69, 9.17) is 27.9 Å². The number of carbonyl (C=O) groups is 2. The molecule has 0 aliphatic rings. The van der Waals surface area contributed by atoms with E-state index in [1.165, 1.54) is 4.90 Å². The van der Waals surface area contributed by atoms with Crippen molar-refractivity contribution in [2.45, 2.75) is 52.7 Å². The van der Waals surface area contributed by atoms with Crippen molar-refractivity contribution in [1.29, 1.82) is 0 Å². The summed E-state index contributed by atoms with van der Waals surface area (Å²) in [5.74, 6) is -0.305. The van der Waals surface area contributed by atoms with Crippen LogP contribution in [0.5, 0.6) is 5.75 Å². The minimum atomic E-state index is -3.83. The summed E-state index contributed by atoms with van der Waals surface area (Å²) in [6.07, 6.45) is 1.34. The van der Waals surface area contributed by atoms with Gasteiger partial charge < -0.3 is 15.0 Å². The third-order valence-electron chi connectivity index (χ3n) is 5.29. The lowest BCUT2D eigenvalue weighted by atomic mass is 10.1. The molecule has 198 valence electrons. The second kappa shape index (κ2) is 13.2. The Labute approximate surface area is 223 Å². The highest BCUT2D eigenvalue weighted by Gasteiger charge is 2.32. The van der Waals surface area contributed by atoms with E-state index in [-0.39, 0.29) is 18.5 Å². The largest absolute Gasteiger partial charge is 0.494 e. The minimum Gasteiger partial charge on any atom is -0.494 e. The Kier molecular flexibility index (Phi) is 10.9. The summed E-state index contributed by atoms with van der Waals surface area (Å²) in [6, 6.07) is 10.3. The average Bonchev–Trinajstić information content (AvgIpc) is 2.78. The normalized spacial score (nSPS) is 12.2. The first-order chi connectivity index (χ1) is 16.9. The van der Waals surface area contributed by atoms with E-state index in [0.717, 1.165) is 10.6 Å². The maximum atomic E-state index is 13.7. The molecule has 0 aliphatic heterocycles. The van der Waals surface area contributed by atoms with Crippen LogP contribution in [0.15, 0.2) is 42.5 Å². The van der Waals surface area contributed by atoms with E-state index >= 15 is 0 Å². The Morgan fingerprint density at radius 2 is 1.69 bits per heavy atom. The second-order valence-electron chi connectivity index (χ2n) is 8.54. The van der Waals surface area contributed by atoms with E-state index in [0.29, 0.717) is 40.1 Å². The zero-order valence-corrected chi connectivity index (χ0v) is 23.5. The maximum absolute atomic E-state index is 13.7. The van der Waals surface area contributed by atoms with Gasteiger partial charge >= 0.3 is 0 Å². The number of sulfonamides is 1. The van der Waals surface area contributed by atoms with Gasteiger partial charge in [-0.15, -0.1) is 0 Å². The molecule has 0 aliphatic carbocycles. The second-order valence-corrected chi connectivity index (χ2v) is 11.3. The summed E-state index contributed by atoms with van der Waals surface area (Å²) in [6.45, 7) is 7.25. The molecule has 0 bridgehead atoms. The van der Waals surface area contributed by atoms with Crippen molar-refractivity contribution in [2.24, 2.45) is 0 Å².